The minimum atomic E-state index is -0.735. The third-order valence-electron chi connectivity index (χ3n) is 4.80. The van der Waals surface area contributed by atoms with Gasteiger partial charge in [0.25, 0.3) is 0 Å². The van der Waals surface area contributed by atoms with E-state index in [1.54, 1.807) is 0 Å². The molecule has 1 heterocycles. The minimum absolute atomic E-state index is 0.0324. The summed E-state index contributed by atoms with van der Waals surface area (Å²) in [5.74, 6) is 0.605. The lowest BCUT2D eigenvalue weighted by Crippen LogP contribution is -2.71. The van der Waals surface area contributed by atoms with Crippen LogP contribution in [-0.4, -0.2) is 34.8 Å². The molecule has 2 amide bonds. The van der Waals surface area contributed by atoms with E-state index in [1.807, 2.05) is 39.5 Å². The summed E-state index contributed by atoms with van der Waals surface area (Å²) < 4.78 is 0. The van der Waals surface area contributed by atoms with Crippen LogP contribution in [0.1, 0.15) is 60.3 Å². The van der Waals surface area contributed by atoms with Gasteiger partial charge in [-0.2, -0.15) is 0 Å². The van der Waals surface area contributed by atoms with Crippen LogP contribution >= 0.6 is 0 Å². The summed E-state index contributed by atoms with van der Waals surface area (Å²) in [6.45, 7) is 10.4. The van der Waals surface area contributed by atoms with E-state index in [0.717, 1.165) is 6.54 Å². The van der Waals surface area contributed by atoms with E-state index in [9.17, 15) is 9.59 Å². The molecule has 0 aromatic carbocycles. The molecule has 1 saturated carbocycles. The first-order chi connectivity index (χ1) is 9.14. The van der Waals surface area contributed by atoms with Crippen LogP contribution in [-0.2, 0) is 9.59 Å². The van der Waals surface area contributed by atoms with E-state index in [1.165, 1.54) is 25.7 Å². The summed E-state index contributed by atoms with van der Waals surface area (Å²) in [5, 5.41) is 2.92. The predicted molar refractivity (Wildman–Crippen MR) is 79.1 cm³/mol. The Bertz CT molecular complexity index is 403. The van der Waals surface area contributed by atoms with Crippen molar-refractivity contribution < 1.29 is 9.59 Å². The van der Waals surface area contributed by atoms with Crippen molar-refractivity contribution in [2.24, 2.45) is 11.3 Å². The Kier molecular flexibility index (Phi) is 3.87. The first kappa shape index (κ1) is 15.3. The fraction of sp³-hybridized carbons (Fsp3) is 0.875. The number of hydrogen-bond donors (Lipinski definition) is 1. The second kappa shape index (κ2) is 5.05. The molecule has 4 nitrogen and oxygen atoms in total. The Balaban J connectivity index is 2.23. The van der Waals surface area contributed by atoms with Gasteiger partial charge in [0.2, 0.25) is 11.8 Å². The van der Waals surface area contributed by atoms with E-state index in [-0.39, 0.29) is 17.2 Å². The Morgan fingerprint density at radius 3 is 2.25 bits per heavy atom. The summed E-state index contributed by atoms with van der Waals surface area (Å²) in [6, 6.07) is -0.413. The van der Waals surface area contributed by atoms with Crippen LogP contribution in [0.5, 0.6) is 0 Å². The van der Waals surface area contributed by atoms with E-state index in [2.05, 4.69) is 5.32 Å². The highest BCUT2D eigenvalue weighted by molar-refractivity contribution is 5.99. The van der Waals surface area contributed by atoms with Gasteiger partial charge in [-0.3, -0.25) is 9.59 Å². The van der Waals surface area contributed by atoms with Crippen LogP contribution in [0.2, 0.25) is 0 Å². The average Bonchev–Trinajstić information content (AvgIpc) is 2.81. The number of rotatable bonds is 2. The fourth-order valence-electron chi connectivity index (χ4n) is 3.28. The number of hydrogen-bond acceptors (Lipinski definition) is 2. The molecule has 0 aromatic rings. The van der Waals surface area contributed by atoms with Crippen molar-refractivity contribution in [3.05, 3.63) is 0 Å². The molecular weight excluding hydrogens is 252 g/mol. The lowest BCUT2D eigenvalue weighted by atomic mass is 9.81. The monoisotopic (exact) mass is 280 g/mol. The molecule has 1 N–H and O–H groups in total. The molecule has 1 saturated heterocycles. The molecule has 2 fully saturated rings. The third kappa shape index (κ3) is 2.70. The van der Waals surface area contributed by atoms with Gasteiger partial charge < -0.3 is 10.2 Å². The number of carbonyl (C=O) groups is 2. The Morgan fingerprint density at radius 2 is 1.75 bits per heavy atom. The highest BCUT2D eigenvalue weighted by Gasteiger charge is 2.49. The summed E-state index contributed by atoms with van der Waals surface area (Å²) in [5.41, 5.74) is -0.988. The molecular formula is C16H28N2O2. The first-order valence-electron chi connectivity index (χ1n) is 7.76. The van der Waals surface area contributed by atoms with Crippen molar-refractivity contribution in [2.45, 2.75) is 71.9 Å². The second-order valence-electron chi connectivity index (χ2n) is 7.93. The zero-order valence-corrected chi connectivity index (χ0v) is 13.5. The predicted octanol–water partition coefficient (Wildman–Crippen LogP) is 2.33. The molecule has 2 rings (SSSR count). The molecule has 1 aliphatic heterocycles. The summed E-state index contributed by atoms with van der Waals surface area (Å²) >= 11 is 0. The standard InChI is InChI=1S/C16H28N2O2/c1-15(2,3)12-13(19)18(10-11-8-6-7-9-11)16(4,5)14(20)17-12/h11-12H,6-10H2,1-5H3,(H,17,20). The van der Waals surface area contributed by atoms with Crippen molar-refractivity contribution in [1.29, 1.82) is 0 Å². The van der Waals surface area contributed by atoms with Gasteiger partial charge in [0.1, 0.15) is 11.6 Å². The molecule has 1 atom stereocenters. The molecule has 0 bridgehead atoms. The normalized spacial score (nSPS) is 27.9. The largest absolute Gasteiger partial charge is 0.342 e. The van der Waals surface area contributed by atoms with Gasteiger partial charge in [0.15, 0.2) is 0 Å². The van der Waals surface area contributed by atoms with E-state index >= 15 is 0 Å². The molecule has 4 heteroatoms. The third-order valence-corrected chi connectivity index (χ3v) is 4.80. The summed E-state index contributed by atoms with van der Waals surface area (Å²) in [7, 11) is 0. The van der Waals surface area contributed by atoms with Crippen LogP contribution in [0.25, 0.3) is 0 Å². The first-order valence-corrected chi connectivity index (χ1v) is 7.76. The van der Waals surface area contributed by atoms with Crippen LogP contribution in [0.4, 0.5) is 0 Å². The van der Waals surface area contributed by atoms with Gasteiger partial charge in [0, 0.05) is 6.54 Å². The SMILES string of the molecule is CC(C)(C)C1NC(=O)C(C)(C)N(CC2CCCC2)C1=O. The summed E-state index contributed by atoms with van der Waals surface area (Å²) in [4.78, 5) is 27.1. The zero-order chi connectivity index (χ0) is 15.1. The van der Waals surface area contributed by atoms with E-state index in [0.29, 0.717) is 5.92 Å². The molecule has 20 heavy (non-hydrogen) atoms. The molecule has 114 valence electrons. The quantitative estimate of drug-likeness (QED) is 0.844. The van der Waals surface area contributed by atoms with Crippen LogP contribution in [0, 0.1) is 11.3 Å². The average molecular weight is 280 g/mol. The Labute approximate surface area is 122 Å². The smallest absolute Gasteiger partial charge is 0.246 e. The molecule has 1 unspecified atom stereocenters. The number of nitrogens with zero attached hydrogens (tertiary/aromatic N) is 1. The summed E-state index contributed by atoms with van der Waals surface area (Å²) in [6.07, 6.45) is 4.87. The maximum atomic E-state index is 12.8. The minimum Gasteiger partial charge on any atom is -0.342 e. The van der Waals surface area contributed by atoms with Gasteiger partial charge in [-0.05, 0) is 38.0 Å². The van der Waals surface area contributed by atoms with Crippen molar-refractivity contribution in [1.82, 2.24) is 10.2 Å². The maximum absolute atomic E-state index is 12.8. The van der Waals surface area contributed by atoms with Crippen LogP contribution in [0.3, 0.4) is 0 Å². The molecule has 0 spiro atoms. The van der Waals surface area contributed by atoms with Crippen molar-refractivity contribution in [3.8, 4) is 0 Å². The van der Waals surface area contributed by atoms with Gasteiger partial charge in [-0.25, -0.2) is 0 Å². The molecule has 1 aliphatic carbocycles. The molecule has 0 aromatic heterocycles. The Hall–Kier alpha value is -1.06. The van der Waals surface area contributed by atoms with Crippen molar-refractivity contribution in [3.63, 3.8) is 0 Å². The van der Waals surface area contributed by atoms with Crippen LogP contribution in [0.15, 0.2) is 0 Å². The van der Waals surface area contributed by atoms with E-state index in [4.69, 9.17) is 0 Å². The second-order valence-corrected chi connectivity index (χ2v) is 7.93. The van der Waals surface area contributed by atoms with Gasteiger partial charge in [-0.15, -0.1) is 0 Å². The van der Waals surface area contributed by atoms with Gasteiger partial charge in [-0.1, -0.05) is 33.6 Å². The molecule has 0 radical (unpaired) electrons. The van der Waals surface area contributed by atoms with E-state index < -0.39 is 11.6 Å². The van der Waals surface area contributed by atoms with Gasteiger partial charge in [0.05, 0.1) is 0 Å². The van der Waals surface area contributed by atoms with Crippen molar-refractivity contribution >= 4 is 11.8 Å². The van der Waals surface area contributed by atoms with Gasteiger partial charge >= 0.3 is 0 Å². The lowest BCUT2D eigenvalue weighted by molar-refractivity contribution is -0.159. The Morgan fingerprint density at radius 1 is 1.20 bits per heavy atom. The zero-order valence-electron chi connectivity index (χ0n) is 13.5. The number of piperazine rings is 1. The molecule has 2 aliphatic rings. The maximum Gasteiger partial charge on any atom is 0.246 e. The van der Waals surface area contributed by atoms with Crippen LogP contribution < -0.4 is 5.32 Å². The van der Waals surface area contributed by atoms with Crippen molar-refractivity contribution in [2.75, 3.05) is 6.54 Å². The number of carbonyl (C=O) groups excluding carboxylic acids is 2. The highest BCUT2D eigenvalue weighted by Crippen LogP contribution is 2.33. The fourth-order valence-corrected chi connectivity index (χ4v) is 3.28. The highest BCUT2D eigenvalue weighted by atomic mass is 16.2. The number of nitrogens with one attached hydrogen (secondary N) is 1. The topological polar surface area (TPSA) is 49.4 Å². The lowest BCUT2D eigenvalue weighted by Gasteiger charge is -2.48. The number of amides is 2.